The summed E-state index contributed by atoms with van der Waals surface area (Å²) in [6, 6.07) is 29.8. The molecule has 0 heterocycles. The van der Waals surface area contributed by atoms with Crippen molar-refractivity contribution in [1.82, 2.24) is 0 Å². The molecule has 3 aromatic carbocycles. The van der Waals surface area contributed by atoms with Crippen LogP contribution >= 0.6 is 0 Å². The third-order valence-electron chi connectivity index (χ3n) is 9.82. The van der Waals surface area contributed by atoms with Crippen LogP contribution in [0.5, 0.6) is 0 Å². The van der Waals surface area contributed by atoms with Gasteiger partial charge in [0.25, 0.3) is 8.32 Å². The average Bonchev–Trinajstić information content (AvgIpc) is 3.68. The van der Waals surface area contributed by atoms with Gasteiger partial charge in [0.05, 0.1) is 4.90 Å². The molecule has 0 aromatic heterocycles. The van der Waals surface area contributed by atoms with Gasteiger partial charge < -0.3 is 4.43 Å². The molecule has 0 bridgehead atoms. The van der Waals surface area contributed by atoms with Crippen molar-refractivity contribution in [1.29, 1.82) is 0 Å². The molecule has 3 aliphatic rings. The smallest absolute Gasteiger partial charge is 0.261 e. The van der Waals surface area contributed by atoms with Gasteiger partial charge in [0.1, 0.15) is 4.75 Å². The number of benzene rings is 3. The van der Waals surface area contributed by atoms with Crippen molar-refractivity contribution in [3.05, 3.63) is 103 Å². The first-order valence-electron chi connectivity index (χ1n) is 14.4. The van der Waals surface area contributed by atoms with Gasteiger partial charge in [-0.1, -0.05) is 112 Å². The molecule has 6 rings (SSSR count). The predicted molar refractivity (Wildman–Crippen MR) is 162 cm³/mol. The number of allylic oxidation sites excluding steroid dienone is 2. The summed E-state index contributed by atoms with van der Waals surface area (Å²) in [7, 11) is -6.53. The Labute approximate surface area is 239 Å². The van der Waals surface area contributed by atoms with Gasteiger partial charge >= 0.3 is 0 Å². The van der Waals surface area contributed by atoms with Crippen LogP contribution in [0.3, 0.4) is 0 Å². The standard InChI is InChI=1S/C34H38O4SSi/c1-32(2,3)40(27-16-9-5-10-17-27,28-18-11-6-12-19-28)38-25-24-33-22-13-20-29-31(33)34(29,30(35)21-23-33)39(36,37)26-14-7-4-8-15-26/h4-19,22,29,31H,20-21,23-25H2,1-3H3/t29-,31+,33+,34-/m1/s1. The first kappa shape index (κ1) is 27.4. The number of carbonyl (C=O) groups is 1. The van der Waals surface area contributed by atoms with Gasteiger partial charge in [0.2, 0.25) is 0 Å². The minimum atomic E-state index is -3.81. The Bertz CT molecular complexity index is 1490. The molecule has 208 valence electrons. The Balaban J connectivity index is 1.36. The Morgan fingerprint density at radius 2 is 1.43 bits per heavy atom. The van der Waals surface area contributed by atoms with Crippen LogP contribution in [0.4, 0.5) is 0 Å². The number of hydrogen-bond acceptors (Lipinski definition) is 4. The lowest BCUT2D eigenvalue weighted by molar-refractivity contribution is -0.122. The van der Waals surface area contributed by atoms with Gasteiger partial charge in [-0.3, -0.25) is 4.79 Å². The molecule has 2 fully saturated rings. The number of carbonyl (C=O) groups excluding carboxylic acids is 1. The van der Waals surface area contributed by atoms with Crippen LogP contribution in [-0.4, -0.2) is 33.9 Å². The van der Waals surface area contributed by atoms with Crippen molar-refractivity contribution in [3.63, 3.8) is 0 Å². The van der Waals surface area contributed by atoms with E-state index in [0.29, 0.717) is 32.3 Å². The van der Waals surface area contributed by atoms with E-state index in [2.05, 4.69) is 81.5 Å². The zero-order valence-electron chi connectivity index (χ0n) is 23.5. The van der Waals surface area contributed by atoms with Crippen LogP contribution in [-0.2, 0) is 19.1 Å². The minimum absolute atomic E-state index is 0.0985. The van der Waals surface area contributed by atoms with Crippen LogP contribution in [0.15, 0.2) is 108 Å². The van der Waals surface area contributed by atoms with E-state index in [0.717, 1.165) is 0 Å². The second-order valence-electron chi connectivity index (χ2n) is 12.7. The second kappa shape index (κ2) is 9.64. The predicted octanol–water partition coefficient (Wildman–Crippen LogP) is 5.72. The van der Waals surface area contributed by atoms with Crippen molar-refractivity contribution in [2.45, 2.75) is 61.1 Å². The minimum Gasteiger partial charge on any atom is -0.407 e. The SMILES string of the molecule is CC(C)(C)[Si](OCC[C@@]12C=CC[C@@H]3[C@@H]1[C@]3(S(=O)(=O)c1ccccc1)C(=O)CC2)(c1ccccc1)c1ccccc1. The molecule has 0 amide bonds. The molecular formula is C34H38O4SSi. The zero-order chi connectivity index (χ0) is 28.2. The quantitative estimate of drug-likeness (QED) is 0.257. The van der Waals surface area contributed by atoms with Gasteiger partial charge in [-0.25, -0.2) is 8.42 Å². The van der Waals surface area contributed by atoms with Crippen molar-refractivity contribution in [2.24, 2.45) is 17.3 Å². The third kappa shape index (κ3) is 3.79. The molecule has 0 N–H and O–H groups in total. The molecule has 0 spiro atoms. The van der Waals surface area contributed by atoms with E-state index in [9.17, 15) is 13.2 Å². The van der Waals surface area contributed by atoms with Crippen LogP contribution in [0.2, 0.25) is 5.04 Å². The highest BCUT2D eigenvalue weighted by Gasteiger charge is 2.82. The largest absolute Gasteiger partial charge is 0.407 e. The number of hydrogen-bond donors (Lipinski definition) is 0. The third-order valence-corrected chi connectivity index (χ3v) is 17.4. The first-order valence-corrected chi connectivity index (χ1v) is 17.8. The summed E-state index contributed by atoms with van der Waals surface area (Å²) in [4.78, 5) is 13.8. The first-order chi connectivity index (χ1) is 19.1. The maximum absolute atomic E-state index is 14.1. The van der Waals surface area contributed by atoms with E-state index in [-0.39, 0.29) is 33.0 Å². The maximum Gasteiger partial charge on any atom is 0.261 e. The van der Waals surface area contributed by atoms with Crippen LogP contribution in [0.1, 0.15) is 46.5 Å². The van der Waals surface area contributed by atoms with E-state index in [1.165, 1.54) is 10.4 Å². The molecular weight excluding hydrogens is 533 g/mol. The fourth-order valence-electron chi connectivity index (χ4n) is 8.12. The van der Waals surface area contributed by atoms with Gasteiger partial charge in [-0.05, 0) is 58.1 Å². The van der Waals surface area contributed by atoms with Crippen LogP contribution < -0.4 is 10.4 Å². The van der Waals surface area contributed by atoms with Crippen molar-refractivity contribution in [3.8, 4) is 0 Å². The molecule has 3 aromatic rings. The summed E-state index contributed by atoms with van der Waals surface area (Å²) in [6.07, 6.45) is 6.68. The Morgan fingerprint density at radius 3 is 1.98 bits per heavy atom. The van der Waals surface area contributed by atoms with Gasteiger partial charge in [-0.2, -0.15) is 0 Å². The second-order valence-corrected chi connectivity index (χ2v) is 19.2. The molecule has 0 radical (unpaired) electrons. The summed E-state index contributed by atoms with van der Waals surface area (Å²) < 4.78 is 34.1. The van der Waals surface area contributed by atoms with E-state index in [1.807, 2.05) is 18.2 Å². The summed E-state index contributed by atoms with van der Waals surface area (Å²) in [6.45, 7) is 7.32. The van der Waals surface area contributed by atoms with Crippen molar-refractivity contribution in [2.75, 3.05) is 6.61 Å². The fraction of sp³-hybridized carbons (Fsp3) is 0.382. The van der Waals surface area contributed by atoms with Crippen LogP contribution in [0.25, 0.3) is 0 Å². The fourth-order valence-corrected chi connectivity index (χ4v) is 15.3. The molecule has 4 atom stereocenters. The van der Waals surface area contributed by atoms with Gasteiger partial charge in [0, 0.05) is 18.9 Å². The van der Waals surface area contributed by atoms with E-state index in [1.54, 1.807) is 24.3 Å². The maximum atomic E-state index is 14.1. The number of fused-ring (bicyclic) bond motifs is 1. The number of rotatable bonds is 8. The topological polar surface area (TPSA) is 60.4 Å². The molecule has 2 saturated carbocycles. The Kier molecular flexibility index (Phi) is 6.60. The molecule has 40 heavy (non-hydrogen) atoms. The lowest BCUT2D eigenvalue weighted by Gasteiger charge is -2.44. The van der Waals surface area contributed by atoms with Crippen molar-refractivity contribution < 1.29 is 17.6 Å². The molecule has 3 aliphatic carbocycles. The molecule has 0 unspecified atom stereocenters. The lowest BCUT2D eigenvalue weighted by atomic mass is 9.69. The summed E-state index contributed by atoms with van der Waals surface area (Å²) in [5, 5.41) is 2.32. The Morgan fingerprint density at radius 1 is 0.875 bits per heavy atom. The lowest BCUT2D eigenvalue weighted by Crippen LogP contribution is -2.66. The summed E-state index contributed by atoms with van der Waals surface area (Å²) in [5.41, 5.74) is -0.357. The number of sulfone groups is 1. The molecule has 4 nitrogen and oxygen atoms in total. The van der Waals surface area contributed by atoms with Gasteiger partial charge in [-0.15, -0.1) is 0 Å². The molecule has 6 heteroatoms. The van der Waals surface area contributed by atoms with E-state index in [4.69, 9.17) is 4.43 Å². The zero-order valence-corrected chi connectivity index (χ0v) is 25.4. The van der Waals surface area contributed by atoms with Crippen molar-refractivity contribution >= 4 is 34.3 Å². The van der Waals surface area contributed by atoms with Crippen LogP contribution in [0, 0.1) is 17.3 Å². The molecule has 0 aliphatic heterocycles. The number of ketones is 1. The monoisotopic (exact) mass is 570 g/mol. The molecule has 0 saturated heterocycles. The highest BCUT2D eigenvalue weighted by molar-refractivity contribution is 7.94. The summed E-state index contributed by atoms with van der Waals surface area (Å²) >= 11 is 0. The average molecular weight is 571 g/mol. The Hall–Kier alpha value is -2.80. The summed E-state index contributed by atoms with van der Waals surface area (Å²) in [5.74, 6) is -0.455. The highest BCUT2D eigenvalue weighted by Crippen LogP contribution is 2.73. The van der Waals surface area contributed by atoms with Gasteiger partial charge in [0.15, 0.2) is 15.6 Å². The normalized spacial score (nSPS) is 27.7. The highest BCUT2D eigenvalue weighted by atomic mass is 32.2. The van der Waals surface area contributed by atoms with E-state index < -0.39 is 22.9 Å². The number of Topliss-reactive ketones (excluding diaryl/α,β-unsaturated/α-hetero) is 1. The van der Waals surface area contributed by atoms with E-state index >= 15 is 0 Å².